The summed E-state index contributed by atoms with van der Waals surface area (Å²) in [6.45, 7) is 6.69. The zero-order chi connectivity index (χ0) is 12.2. The predicted octanol–water partition coefficient (Wildman–Crippen LogP) is 2.85. The van der Waals surface area contributed by atoms with Crippen LogP contribution in [0.3, 0.4) is 0 Å². The van der Waals surface area contributed by atoms with Gasteiger partial charge in [-0.15, -0.1) is 0 Å². The van der Waals surface area contributed by atoms with Gasteiger partial charge in [-0.3, -0.25) is 0 Å². The fourth-order valence-corrected chi connectivity index (χ4v) is 1.75. The minimum Gasteiger partial charge on any atom is -0.396 e. The van der Waals surface area contributed by atoms with Crippen LogP contribution in [0.5, 0.6) is 0 Å². The molecule has 0 fully saturated rings. The Labute approximate surface area is 98.9 Å². The molecule has 0 atom stereocenters. The molecule has 0 aliphatic carbocycles. The normalized spacial score (nSPS) is 11.6. The van der Waals surface area contributed by atoms with Crippen molar-refractivity contribution in [1.29, 1.82) is 0 Å². The van der Waals surface area contributed by atoms with Gasteiger partial charge in [-0.2, -0.15) is 0 Å². The number of hydrogen-bond acceptors (Lipinski definition) is 2. The second-order valence-electron chi connectivity index (χ2n) is 4.87. The van der Waals surface area contributed by atoms with Crippen molar-refractivity contribution in [3.05, 3.63) is 29.8 Å². The van der Waals surface area contributed by atoms with Crippen LogP contribution < -0.4 is 4.90 Å². The summed E-state index contributed by atoms with van der Waals surface area (Å²) in [7, 11) is 2.08. The van der Waals surface area contributed by atoms with E-state index < -0.39 is 0 Å². The number of aliphatic hydroxyl groups is 1. The molecule has 0 aliphatic heterocycles. The summed E-state index contributed by atoms with van der Waals surface area (Å²) in [6.07, 6.45) is 1.85. The zero-order valence-electron chi connectivity index (χ0n) is 10.8. The standard InChI is InChI=1S/C14H23NO/c1-5-12-6-8-13(9-7-12)15(4)14(2,3)10-11-16/h6-9,16H,5,10-11H2,1-4H3. The van der Waals surface area contributed by atoms with Gasteiger partial charge >= 0.3 is 0 Å². The fraction of sp³-hybridized carbons (Fsp3) is 0.571. The van der Waals surface area contributed by atoms with Gasteiger partial charge in [0.25, 0.3) is 0 Å². The maximum Gasteiger partial charge on any atom is 0.0453 e. The summed E-state index contributed by atoms with van der Waals surface area (Å²) in [5, 5.41) is 9.05. The molecule has 0 aliphatic rings. The Morgan fingerprint density at radius 2 is 1.75 bits per heavy atom. The molecule has 0 heterocycles. The maximum absolute atomic E-state index is 9.05. The first-order chi connectivity index (χ1) is 7.51. The number of aryl methyl sites for hydroxylation is 1. The smallest absolute Gasteiger partial charge is 0.0453 e. The number of nitrogens with zero attached hydrogens (tertiary/aromatic N) is 1. The van der Waals surface area contributed by atoms with Crippen LogP contribution >= 0.6 is 0 Å². The third-order valence-corrected chi connectivity index (χ3v) is 3.36. The maximum atomic E-state index is 9.05. The molecular formula is C14H23NO. The van der Waals surface area contributed by atoms with E-state index in [2.05, 4.69) is 57.0 Å². The van der Waals surface area contributed by atoms with Gasteiger partial charge in [0.05, 0.1) is 0 Å². The van der Waals surface area contributed by atoms with Gasteiger partial charge in [0, 0.05) is 24.9 Å². The lowest BCUT2D eigenvalue weighted by molar-refractivity contribution is 0.250. The van der Waals surface area contributed by atoms with Crippen molar-refractivity contribution in [3.8, 4) is 0 Å². The Hall–Kier alpha value is -1.02. The van der Waals surface area contributed by atoms with E-state index in [4.69, 9.17) is 5.11 Å². The van der Waals surface area contributed by atoms with Gasteiger partial charge in [-0.1, -0.05) is 19.1 Å². The second-order valence-corrected chi connectivity index (χ2v) is 4.87. The highest BCUT2D eigenvalue weighted by atomic mass is 16.3. The van der Waals surface area contributed by atoms with E-state index in [1.54, 1.807) is 0 Å². The Morgan fingerprint density at radius 3 is 2.19 bits per heavy atom. The van der Waals surface area contributed by atoms with Crippen molar-refractivity contribution in [1.82, 2.24) is 0 Å². The first-order valence-electron chi connectivity index (χ1n) is 5.95. The van der Waals surface area contributed by atoms with Crippen molar-refractivity contribution in [3.63, 3.8) is 0 Å². The van der Waals surface area contributed by atoms with Crippen LogP contribution in [0, 0.1) is 0 Å². The molecule has 0 spiro atoms. The highest BCUT2D eigenvalue weighted by molar-refractivity contribution is 5.49. The summed E-state index contributed by atoms with van der Waals surface area (Å²) >= 11 is 0. The van der Waals surface area contributed by atoms with E-state index >= 15 is 0 Å². The van der Waals surface area contributed by atoms with Crippen LogP contribution in [-0.2, 0) is 6.42 Å². The zero-order valence-corrected chi connectivity index (χ0v) is 10.8. The first-order valence-corrected chi connectivity index (χ1v) is 5.95. The molecule has 0 saturated heterocycles. The third-order valence-electron chi connectivity index (χ3n) is 3.36. The minimum absolute atomic E-state index is 0.0114. The molecule has 1 N–H and O–H groups in total. The van der Waals surface area contributed by atoms with Crippen LogP contribution in [0.1, 0.15) is 32.8 Å². The van der Waals surface area contributed by atoms with E-state index in [1.807, 2.05) is 0 Å². The van der Waals surface area contributed by atoms with Crippen LogP contribution in [-0.4, -0.2) is 24.3 Å². The summed E-state index contributed by atoms with van der Waals surface area (Å²) < 4.78 is 0. The first kappa shape index (κ1) is 13.0. The molecule has 1 aromatic rings. The lowest BCUT2D eigenvalue weighted by atomic mass is 9.98. The van der Waals surface area contributed by atoms with Gasteiger partial charge in [-0.25, -0.2) is 0 Å². The average Bonchev–Trinajstić information content (AvgIpc) is 2.28. The molecule has 0 saturated carbocycles. The average molecular weight is 221 g/mol. The molecule has 16 heavy (non-hydrogen) atoms. The molecular weight excluding hydrogens is 198 g/mol. The van der Waals surface area contributed by atoms with Crippen LogP contribution in [0.2, 0.25) is 0 Å². The van der Waals surface area contributed by atoms with Crippen molar-refractivity contribution in [2.45, 2.75) is 39.2 Å². The van der Waals surface area contributed by atoms with Crippen molar-refractivity contribution >= 4 is 5.69 Å². The molecule has 0 aromatic heterocycles. The van der Waals surface area contributed by atoms with Gasteiger partial charge in [-0.05, 0) is 44.4 Å². The van der Waals surface area contributed by atoms with Crippen molar-refractivity contribution < 1.29 is 5.11 Å². The SMILES string of the molecule is CCc1ccc(N(C)C(C)(C)CCO)cc1. The van der Waals surface area contributed by atoms with E-state index in [-0.39, 0.29) is 12.1 Å². The molecule has 0 amide bonds. The molecule has 1 rings (SSSR count). The fourth-order valence-electron chi connectivity index (χ4n) is 1.75. The molecule has 1 aromatic carbocycles. The van der Waals surface area contributed by atoms with E-state index in [0.717, 1.165) is 12.8 Å². The third kappa shape index (κ3) is 2.99. The monoisotopic (exact) mass is 221 g/mol. The van der Waals surface area contributed by atoms with Gasteiger partial charge in [0.2, 0.25) is 0 Å². The summed E-state index contributed by atoms with van der Waals surface area (Å²) in [4.78, 5) is 2.22. The molecule has 0 unspecified atom stereocenters. The minimum atomic E-state index is -0.0114. The number of benzene rings is 1. The Bertz CT molecular complexity index is 316. The van der Waals surface area contributed by atoms with Gasteiger partial charge in [0.15, 0.2) is 0 Å². The summed E-state index contributed by atoms with van der Waals surface area (Å²) in [6, 6.07) is 8.64. The van der Waals surface area contributed by atoms with E-state index in [0.29, 0.717) is 0 Å². The van der Waals surface area contributed by atoms with Gasteiger partial charge in [0.1, 0.15) is 0 Å². The number of rotatable bonds is 5. The Kier molecular flexibility index (Phi) is 4.36. The molecule has 2 heteroatoms. The predicted molar refractivity (Wildman–Crippen MR) is 70.0 cm³/mol. The van der Waals surface area contributed by atoms with Crippen LogP contribution in [0.15, 0.2) is 24.3 Å². The van der Waals surface area contributed by atoms with E-state index in [9.17, 15) is 0 Å². The van der Waals surface area contributed by atoms with Crippen LogP contribution in [0.25, 0.3) is 0 Å². The highest BCUT2D eigenvalue weighted by Gasteiger charge is 2.22. The largest absolute Gasteiger partial charge is 0.396 e. The van der Waals surface area contributed by atoms with Crippen molar-refractivity contribution in [2.75, 3.05) is 18.6 Å². The topological polar surface area (TPSA) is 23.5 Å². The molecule has 0 bridgehead atoms. The van der Waals surface area contributed by atoms with Gasteiger partial charge < -0.3 is 10.0 Å². The second kappa shape index (κ2) is 5.35. The number of hydrogen-bond donors (Lipinski definition) is 1. The number of anilines is 1. The van der Waals surface area contributed by atoms with E-state index in [1.165, 1.54) is 11.3 Å². The Balaban J connectivity index is 2.83. The molecule has 0 radical (unpaired) electrons. The lowest BCUT2D eigenvalue weighted by Gasteiger charge is -2.37. The highest BCUT2D eigenvalue weighted by Crippen LogP contribution is 2.24. The Morgan fingerprint density at radius 1 is 1.19 bits per heavy atom. The quantitative estimate of drug-likeness (QED) is 0.826. The lowest BCUT2D eigenvalue weighted by Crippen LogP contribution is -2.41. The van der Waals surface area contributed by atoms with Crippen LogP contribution in [0.4, 0.5) is 5.69 Å². The molecule has 2 nitrogen and oxygen atoms in total. The summed E-state index contributed by atoms with van der Waals surface area (Å²) in [5.74, 6) is 0. The number of aliphatic hydroxyl groups excluding tert-OH is 1. The summed E-state index contributed by atoms with van der Waals surface area (Å²) in [5.41, 5.74) is 2.55. The van der Waals surface area contributed by atoms with Crippen molar-refractivity contribution in [2.24, 2.45) is 0 Å². The molecule has 90 valence electrons.